The van der Waals surface area contributed by atoms with E-state index < -0.39 is 0 Å². The maximum absolute atomic E-state index is 5.91. The molecular weight excluding hydrogens is 232 g/mol. The van der Waals surface area contributed by atoms with E-state index in [1.807, 2.05) is 29.6 Å². The third-order valence-electron chi connectivity index (χ3n) is 2.02. The Morgan fingerprint density at radius 2 is 2.33 bits per heavy atom. The summed E-state index contributed by atoms with van der Waals surface area (Å²) in [5.41, 5.74) is 4.46. The Bertz CT molecular complexity index is 431. The van der Waals surface area contributed by atoms with E-state index in [9.17, 15) is 0 Å². The molecule has 0 aliphatic rings. The lowest BCUT2D eigenvalue weighted by Gasteiger charge is -2.13. The quantitative estimate of drug-likeness (QED) is 0.634. The summed E-state index contributed by atoms with van der Waals surface area (Å²) in [7, 11) is 0. The molecule has 2 rings (SSSR count). The zero-order chi connectivity index (χ0) is 10.7. The molecule has 1 aromatic carbocycles. The lowest BCUT2D eigenvalue weighted by molar-refractivity contribution is 0.619. The minimum atomic E-state index is -0.164. The summed E-state index contributed by atoms with van der Waals surface area (Å²) in [6.07, 6.45) is 0. The first kappa shape index (κ1) is 10.5. The lowest BCUT2D eigenvalue weighted by Crippen LogP contribution is -2.29. The highest BCUT2D eigenvalue weighted by Crippen LogP contribution is 2.22. The van der Waals surface area contributed by atoms with Crippen molar-refractivity contribution in [3.05, 3.63) is 45.9 Å². The summed E-state index contributed by atoms with van der Waals surface area (Å²) in [4.78, 5) is 0. The number of rotatable bonds is 3. The van der Waals surface area contributed by atoms with Crippen LogP contribution in [0.1, 0.15) is 17.3 Å². The highest BCUT2D eigenvalue weighted by Gasteiger charge is 2.14. The summed E-state index contributed by atoms with van der Waals surface area (Å²) in [5.74, 6) is 5.49. The van der Waals surface area contributed by atoms with E-state index in [0.29, 0.717) is 5.02 Å². The van der Waals surface area contributed by atoms with Gasteiger partial charge in [-0.1, -0.05) is 28.2 Å². The third kappa shape index (κ3) is 2.32. The number of benzene rings is 1. The Labute approximate surface area is 96.2 Å². The van der Waals surface area contributed by atoms with Crippen molar-refractivity contribution >= 4 is 23.1 Å². The van der Waals surface area contributed by atoms with Gasteiger partial charge in [0, 0.05) is 10.4 Å². The highest BCUT2D eigenvalue weighted by atomic mass is 35.5. The minimum absolute atomic E-state index is 0.164. The fraction of sp³-hybridized carbons (Fsp3) is 0.111. The summed E-state index contributed by atoms with van der Waals surface area (Å²) in [6, 6.07) is 7.32. The second-order valence-electron chi connectivity index (χ2n) is 2.98. The number of hydrazine groups is 1. The van der Waals surface area contributed by atoms with Crippen LogP contribution in [0.5, 0.6) is 0 Å². The lowest BCUT2D eigenvalue weighted by atomic mass is 10.1. The number of aromatic nitrogens is 2. The number of nitrogens with zero attached hydrogens (tertiary/aromatic N) is 2. The molecule has 0 fully saturated rings. The average Bonchev–Trinajstić information content (AvgIpc) is 2.72. The van der Waals surface area contributed by atoms with Crippen molar-refractivity contribution in [2.45, 2.75) is 6.04 Å². The van der Waals surface area contributed by atoms with Crippen LogP contribution in [0.25, 0.3) is 0 Å². The van der Waals surface area contributed by atoms with Gasteiger partial charge in [0.15, 0.2) is 0 Å². The third-order valence-corrected chi connectivity index (χ3v) is 2.78. The van der Waals surface area contributed by atoms with Crippen molar-refractivity contribution in [1.29, 1.82) is 0 Å². The van der Waals surface area contributed by atoms with Gasteiger partial charge in [-0.15, -0.1) is 5.10 Å². The highest BCUT2D eigenvalue weighted by molar-refractivity contribution is 7.03. The molecule has 1 atom stereocenters. The molecule has 0 radical (unpaired) electrons. The van der Waals surface area contributed by atoms with Crippen LogP contribution >= 0.6 is 23.1 Å². The zero-order valence-electron chi connectivity index (χ0n) is 7.72. The maximum atomic E-state index is 5.91. The van der Waals surface area contributed by atoms with E-state index >= 15 is 0 Å². The Hall–Kier alpha value is -1.01. The van der Waals surface area contributed by atoms with Gasteiger partial charge in [-0.2, -0.15) is 0 Å². The van der Waals surface area contributed by atoms with Crippen LogP contribution < -0.4 is 11.3 Å². The van der Waals surface area contributed by atoms with Crippen molar-refractivity contribution in [2.24, 2.45) is 5.84 Å². The molecule has 0 saturated carbocycles. The first-order valence-electron chi connectivity index (χ1n) is 4.30. The van der Waals surface area contributed by atoms with Crippen molar-refractivity contribution in [2.75, 3.05) is 0 Å². The van der Waals surface area contributed by atoms with Crippen molar-refractivity contribution in [1.82, 2.24) is 15.0 Å². The standard InChI is InChI=1S/C9H9ClN4S/c10-7-3-1-2-6(4-7)9(12-11)8-5-15-14-13-8/h1-5,9,12H,11H2. The Kier molecular flexibility index (Phi) is 3.27. The Morgan fingerprint density at radius 3 is 2.93 bits per heavy atom. The smallest absolute Gasteiger partial charge is 0.0983 e. The normalized spacial score (nSPS) is 12.7. The molecule has 4 nitrogen and oxygen atoms in total. The van der Waals surface area contributed by atoms with E-state index in [0.717, 1.165) is 11.3 Å². The Balaban J connectivity index is 2.35. The topological polar surface area (TPSA) is 63.8 Å². The molecule has 0 amide bonds. The largest absolute Gasteiger partial charge is 0.271 e. The molecule has 15 heavy (non-hydrogen) atoms. The van der Waals surface area contributed by atoms with E-state index in [1.54, 1.807) is 0 Å². The summed E-state index contributed by atoms with van der Waals surface area (Å²) < 4.78 is 3.80. The number of halogens is 1. The van der Waals surface area contributed by atoms with Crippen LogP contribution in [0, 0.1) is 0 Å². The van der Waals surface area contributed by atoms with Crippen LogP contribution in [-0.4, -0.2) is 9.59 Å². The second-order valence-corrected chi connectivity index (χ2v) is 4.03. The van der Waals surface area contributed by atoms with Gasteiger partial charge in [0.05, 0.1) is 11.7 Å². The average molecular weight is 241 g/mol. The fourth-order valence-electron chi connectivity index (χ4n) is 1.34. The van der Waals surface area contributed by atoms with Gasteiger partial charge < -0.3 is 0 Å². The van der Waals surface area contributed by atoms with Crippen molar-refractivity contribution < 1.29 is 0 Å². The molecule has 1 heterocycles. The zero-order valence-corrected chi connectivity index (χ0v) is 9.29. The maximum Gasteiger partial charge on any atom is 0.0983 e. The van der Waals surface area contributed by atoms with Crippen molar-refractivity contribution in [3.8, 4) is 0 Å². The first-order valence-corrected chi connectivity index (χ1v) is 5.51. The molecule has 2 aromatic rings. The van der Waals surface area contributed by atoms with Gasteiger partial charge in [0.2, 0.25) is 0 Å². The molecule has 1 aromatic heterocycles. The molecule has 0 aliphatic heterocycles. The Morgan fingerprint density at radius 1 is 1.47 bits per heavy atom. The van der Waals surface area contributed by atoms with Crippen LogP contribution in [0.3, 0.4) is 0 Å². The van der Waals surface area contributed by atoms with Crippen LogP contribution in [0.4, 0.5) is 0 Å². The number of nitrogens with one attached hydrogen (secondary N) is 1. The van der Waals surface area contributed by atoms with Gasteiger partial charge in [-0.25, -0.2) is 5.43 Å². The number of hydrogen-bond donors (Lipinski definition) is 2. The summed E-state index contributed by atoms with van der Waals surface area (Å²) in [5, 5.41) is 6.51. The van der Waals surface area contributed by atoms with E-state index in [-0.39, 0.29) is 6.04 Å². The molecule has 1 unspecified atom stereocenters. The fourth-order valence-corrected chi connectivity index (χ4v) is 2.01. The molecular formula is C9H9ClN4S. The molecule has 0 bridgehead atoms. The monoisotopic (exact) mass is 240 g/mol. The molecule has 78 valence electrons. The second kappa shape index (κ2) is 4.67. The van der Waals surface area contributed by atoms with Gasteiger partial charge in [0.25, 0.3) is 0 Å². The molecule has 3 N–H and O–H groups in total. The van der Waals surface area contributed by atoms with Gasteiger partial charge in [-0.05, 0) is 29.2 Å². The predicted molar refractivity (Wildman–Crippen MR) is 60.5 cm³/mol. The van der Waals surface area contributed by atoms with Gasteiger partial charge in [-0.3, -0.25) is 5.84 Å². The van der Waals surface area contributed by atoms with Gasteiger partial charge >= 0.3 is 0 Å². The summed E-state index contributed by atoms with van der Waals surface area (Å²) >= 11 is 7.20. The number of hydrogen-bond acceptors (Lipinski definition) is 5. The first-order chi connectivity index (χ1) is 7.31. The molecule has 0 spiro atoms. The minimum Gasteiger partial charge on any atom is -0.271 e. The van der Waals surface area contributed by atoms with Gasteiger partial charge in [0.1, 0.15) is 0 Å². The molecule has 0 aliphatic carbocycles. The number of nitrogens with two attached hydrogens (primary N) is 1. The van der Waals surface area contributed by atoms with Crippen LogP contribution in [0.2, 0.25) is 5.02 Å². The van der Waals surface area contributed by atoms with Crippen LogP contribution in [-0.2, 0) is 0 Å². The van der Waals surface area contributed by atoms with Crippen molar-refractivity contribution in [3.63, 3.8) is 0 Å². The van der Waals surface area contributed by atoms with E-state index in [2.05, 4.69) is 15.0 Å². The predicted octanol–water partition coefficient (Wildman–Crippen LogP) is 1.74. The SMILES string of the molecule is NNC(c1cccc(Cl)c1)c1csnn1. The van der Waals surface area contributed by atoms with E-state index in [4.69, 9.17) is 17.4 Å². The summed E-state index contributed by atoms with van der Waals surface area (Å²) in [6.45, 7) is 0. The van der Waals surface area contributed by atoms with E-state index in [1.165, 1.54) is 11.5 Å². The molecule has 0 saturated heterocycles. The van der Waals surface area contributed by atoms with Crippen LogP contribution in [0.15, 0.2) is 29.6 Å². The molecule has 6 heteroatoms.